The summed E-state index contributed by atoms with van der Waals surface area (Å²) < 4.78 is 0. The highest BCUT2D eigenvalue weighted by Crippen LogP contribution is 2.32. The Kier molecular flexibility index (Phi) is 6.54. The molecule has 2 saturated heterocycles. The molecule has 0 spiro atoms. The van der Waals surface area contributed by atoms with Gasteiger partial charge in [-0.3, -0.25) is 4.79 Å². The molecule has 1 amide bonds. The number of hydrogen-bond acceptors (Lipinski definition) is 2. The van der Waals surface area contributed by atoms with Crippen LogP contribution in [0.4, 0.5) is 0 Å². The van der Waals surface area contributed by atoms with Crippen molar-refractivity contribution in [2.75, 3.05) is 6.54 Å². The summed E-state index contributed by atoms with van der Waals surface area (Å²) in [5.74, 6) is 0.748. The van der Waals surface area contributed by atoms with Crippen molar-refractivity contribution in [1.29, 1.82) is 0 Å². The fraction of sp³-hybridized carbons (Fsp3) is 0.588. The maximum atomic E-state index is 12.1. The van der Waals surface area contributed by atoms with Crippen LogP contribution < -0.4 is 10.6 Å². The number of piperidine rings is 1. The molecule has 122 valence electrons. The van der Waals surface area contributed by atoms with Crippen LogP contribution in [-0.2, 0) is 11.2 Å². The standard InChI is InChI=1S/C17H23ClN2O.ClH/c18-16-4-2-1-3-13(16)7-8-19-17(21)11-12-9-14-5-6-15(10-12)20-14;/h1-4,12,14-15,20H,5-11H2,(H,19,21);1H. The minimum atomic E-state index is 0. The van der Waals surface area contributed by atoms with Crippen molar-refractivity contribution in [3.63, 3.8) is 0 Å². The normalized spacial score (nSPS) is 26.3. The molecular formula is C17H24Cl2N2O. The Morgan fingerprint density at radius 2 is 1.91 bits per heavy atom. The third-order valence-electron chi connectivity index (χ3n) is 4.72. The van der Waals surface area contributed by atoms with Gasteiger partial charge in [0.25, 0.3) is 0 Å². The Morgan fingerprint density at radius 3 is 2.59 bits per heavy atom. The van der Waals surface area contributed by atoms with Gasteiger partial charge in [-0.05, 0) is 49.7 Å². The number of halogens is 2. The fourth-order valence-corrected chi connectivity index (χ4v) is 3.94. The monoisotopic (exact) mass is 342 g/mol. The number of carbonyl (C=O) groups excluding carboxylic acids is 1. The van der Waals surface area contributed by atoms with Gasteiger partial charge in [0.2, 0.25) is 5.91 Å². The topological polar surface area (TPSA) is 41.1 Å². The lowest BCUT2D eigenvalue weighted by Crippen LogP contribution is -2.39. The lowest BCUT2D eigenvalue weighted by molar-refractivity contribution is -0.122. The van der Waals surface area contributed by atoms with Crippen LogP contribution in [0, 0.1) is 5.92 Å². The number of nitrogens with one attached hydrogen (secondary N) is 2. The Morgan fingerprint density at radius 1 is 1.23 bits per heavy atom. The summed E-state index contributed by atoms with van der Waals surface area (Å²) in [6.07, 6.45) is 6.37. The smallest absolute Gasteiger partial charge is 0.220 e. The van der Waals surface area contributed by atoms with Crippen LogP contribution in [0.1, 0.15) is 37.7 Å². The molecule has 3 nitrogen and oxygen atoms in total. The molecule has 0 radical (unpaired) electrons. The van der Waals surface area contributed by atoms with Crippen molar-refractivity contribution in [3.05, 3.63) is 34.9 Å². The Balaban J connectivity index is 0.00000176. The van der Waals surface area contributed by atoms with Crippen LogP contribution in [0.15, 0.2) is 24.3 Å². The predicted molar refractivity (Wildman–Crippen MR) is 92.7 cm³/mol. The largest absolute Gasteiger partial charge is 0.356 e. The number of rotatable bonds is 5. The van der Waals surface area contributed by atoms with Gasteiger partial charge in [0, 0.05) is 30.1 Å². The van der Waals surface area contributed by atoms with Crippen LogP contribution in [0.3, 0.4) is 0 Å². The van der Waals surface area contributed by atoms with Gasteiger partial charge in [-0.25, -0.2) is 0 Å². The molecule has 2 fully saturated rings. The average molecular weight is 343 g/mol. The molecule has 2 aliphatic heterocycles. The van der Waals surface area contributed by atoms with Gasteiger partial charge < -0.3 is 10.6 Å². The van der Waals surface area contributed by atoms with Crippen LogP contribution in [0.2, 0.25) is 5.02 Å². The summed E-state index contributed by atoms with van der Waals surface area (Å²) in [7, 11) is 0. The molecule has 3 rings (SSSR count). The van der Waals surface area contributed by atoms with Gasteiger partial charge in [0.15, 0.2) is 0 Å². The van der Waals surface area contributed by atoms with E-state index in [1.807, 2.05) is 24.3 Å². The molecule has 2 N–H and O–H groups in total. The SMILES string of the molecule is Cl.O=C(CC1CC2CCC(C1)N2)NCCc1ccccc1Cl. The van der Waals surface area contributed by atoms with E-state index in [-0.39, 0.29) is 18.3 Å². The number of amides is 1. The van der Waals surface area contributed by atoms with E-state index in [4.69, 9.17) is 11.6 Å². The zero-order valence-corrected chi connectivity index (χ0v) is 14.3. The lowest BCUT2D eigenvalue weighted by Gasteiger charge is -2.28. The van der Waals surface area contributed by atoms with Crippen LogP contribution in [-0.4, -0.2) is 24.5 Å². The molecule has 2 aliphatic rings. The first-order valence-electron chi connectivity index (χ1n) is 7.97. The molecule has 0 saturated carbocycles. The second-order valence-corrected chi connectivity index (χ2v) is 6.78. The van der Waals surface area contributed by atoms with Crippen LogP contribution >= 0.6 is 24.0 Å². The van der Waals surface area contributed by atoms with Crippen molar-refractivity contribution in [2.24, 2.45) is 5.92 Å². The van der Waals surface area contributed by atoms with Crippen LogP contribution in [0.25, 0.3) is 0 Å². The van der Waals surface area contributed by atoms with Gasteiger partial charge in [0.05, 0.1) is 0 Å². The molecule has 2 atom stereocenters. The first-order valence-corrected chi connectivity index (χ1v) is 8.34. The number of carbonyl (C=O) groups is 1. The van der Waals surface area contributed by atoms with E-state index in [0.717, 1.165) is 29.8 Å². The lowest BCUT2D eigenvalue weighted by atomic mass is 9.89. The quantitative estimate of drug-likeness (QED) is 0.861. The zero-order chi connectivity index (χ0) is 14.7. The van der Waals surface area contributed by atoms with Gasteiger partial charge in [0.1, 0.15) is 0 Å². The van der Waals surface area contributed by atoms with Gasteiger partial charge in [-0.1, -0.05) is 29.8 Å². The van der Waals surface area contributed by atoms with Crippen LogP contribution in [0.5, 0.6) is 0 Å². The summed E-state index contributed by atoms with van der Waals surface area (Å²) in [5.41, 5.74) is 1.10. The molecule has 0 aliphatic carbocycles. The second-order valence-electron chi connectivity index (χ2n) is 6.37. The van der Waals surface area contributed by atoms with Crippen molar-refractivity contribution in [2.45, 2.75) is 50.6 Å². The van der Waals surface area contributed by atoms with Gasteiger partial charge >= 0.3 is 0 Å². The van der Waals surface area contributed by atoms with Gasteiger partial charge in [-0.2, -0.15) is 0 Å². The Bertz CT molecular complexity index is 497. The predicted octanol–water partition coefficient (Wildman–Crippen LogP) is 3.34. The van der Waals surface area contributed by atoms with E-state index in [0.29, 0.717) is 31.0 Å². The molecule has 22 heavy (non-hydrogen) atoms. The minimum absolute atomic E-state index is 0. The third-order valence-corrected chi connectivity index (χ3v) is 5.09. The van der Waals surface area contributed by atoms with Crippen molar-refractivity contribution < 1.29 is 4.79 Å². The third kappa shape index (κ3) is 4.61. The maximum absolute atomic E-state index is 12.1. The van der Waals surface area contributed by atoms with E-state index in [1.54, 1.807) is 0 Å². The summed E-state index contributed by atoms with van der Waals surface area (Å²) in [5, 5.41) is 7.44. The highest BCUT2D eigenvalue weighted by atomic mass is 35.5. The zero-order valence-electron chi connectivity index (χ0n) is 12.7. The van der Waals surface area contributed by atoms with Crippen molar-refractivity contribution in [1.82, 2.24) is 10.6 Å². The maximum Gasteiger partial charge on any atom is 0.220 e. The first kappa shape index (κ1) is 17.6. The molecule has 1 aromatic rings. The van der Waals surface area contributed by atoms with Crippen molar-refractivity contribution in [3.8, 4) is 0 Å². The number of fused-ring (bicyclic) bond motifs is 2. The summed E-state index contributed by atoms with van der Waals surface area (Å²) >= 11 is 6.11. The molecule has 1 aromatic carbocycles. The summed E-state index contributed by atoms with van der Waals surface area (Å²) in [6.45, 7) is 0.667. The van der Waals surface area contributed by atoms with E-state index in [2.05, 4.69) is 10.6 Å². The molecule has 2 unspecified atom stereocenters. The Labute approximate surface area is 143 Å². The summed E-state index contributed by atoms with van der Waals surface area (Å²) in [6, 6.07) is 9.13. The van der Waals surface area contributed by atoms with Crippen molar-refractivity contribution >= 4 is 29.9 Å². The minimum Gasteiger partial charge on any atom is -0.356 e. The second kappa shape index (κ2) is 8.19. The van der Waals surface area contributed by atoms with E-state index in [1.165, 1.54) is 12.8 Å². The molecule has 5 heteroatoms. The fourth-order valence-electron chi connectivity index (χ4n) is 3.71. The average Bonchev–Trinajstić information content (AvgIpc) is 2.80. The molecular weight excluding hydrogens is 319 g/mol. The highest BCUT2D eigenvalue weighted by molar-refractivity contribution is 6.31. The van der Waals surface area contributed by atoms with E-state index < -0.39 is 0 Å². The Hall–Kier alpha value is -0.770. The molecule has 2 bridgehead atoms. The molecule has 0 aromatic heterocycles. The number of benzene rings is 1. The molecule has 2 heterocycles. The summed E-state index contributed by atoms with van der Waals surface area (Å²) in [4.78, 5) is 12.1. The highest BCUT2D eigenvalue weighted by Gasteiger charge is 2.33. The van der Waals surface area contributed by atoms with E-state index in [9.17, 15) is 4.79 Å². The number of hydrogen-bond donors (Lipinski definition) is 2. The van der Waals surface area contributed by atoms with Gasteiger partial charge in [-0.15, -0.1) is 12.4 Å². The van der Waals surface area contributed by atoms with E-state index >= 15 is 0 Å². The first-order chi connectivity index (χ1) is 10.2.